The zero-order valence-corrected chi connectivity index (χ0v) is 26.0. The van der Waals surface area contributed by atoms with Gasteiger partial charge in [-0.25, -0.2) is 4.79 Å². The first-order chi connectivity index (χ1) is 20.8. The minimum Gasteiger partial charge on any atom is -0.462 e. The number of hydrogen-bond donors (Lipinski definition) is 1. The van der Waals surface area contributed by atoms with E-state index in [1.807, 2.05) is 67.7 Å². The molecule has 0 atom stereocenters. The first kappa shape index (κ1) is 29.3. The Balaban J connectivity index is 1.19. The molecular weight excluding hydrogens is 558 g/mol. The lowest BCUT2D eigenvalue weighted by Crippen LogP contribution is -2.47. The second-order valence-corrected chi connectivity index (χ2v) is 12.8. The van der Waals surface area contributed by atoms with E-state index in [1.54, 1.807) is 5.57 Å². The molecule has 0 spiro atoms. The minimum absolute atomic E-state index is 0.305. The molecule has 7 heteroatoms. The normalized spacial score (nSPS) is 17.3. The van der Waals surface area contributed by atoms with Crippen LogP contribution in [0.25, 0.3) is 16.5 Å². The number of H-pyrrole nitrogens is 1. The Bertz CT molecular complexity index is 1630. The molecule has 43 heavy (non-hydrogen) atoms. The van der Waals surface area contributed by atoms with Gasteiger partial charge in [-0.3, -0.25) is 4.90 Å². The van der Waals surface area contributed by atoms with Gasteiger partial charge in [0, 0.05) is 66.6 Å². The predicted octanol–water partition coefficient (Wildman–Crippen LogP) is 8.58. The minimum atomic E-state index is -0.379. The number of piperazine rings is 1. The van der Waals surface area contributed by atoms with Gasteiger partial charge in [-0.15, -0.1) is 0 Å². The third kappa shape index (κ3) is 6.61. The topological polar surface area (TPSA) is 57.8 Å². The average molecular weight is 598 g/mol. The predicted molar refractivity (Wildman–Crippen MR) is 175 cm³/mol. The first-order valence-electron chi connectivity index (χ1n) is 15.3. The van der Waals surface area contributed by atoms with Gasteiger partial charge in [0.2, 0.25) is 0 Å². The maximum absolute atomic E-state index is 12.8. The number of fused-ring (bicyclic) bond motifs is 1. The van der Waals surface area contributed by atoms with Gasteiger partial charge >= 0.3 is 5.97 Å². The highest BCUT2D eigenvalue weighted by atomic mass is 35.5. The van der Waals surface area contributed by atoms with E-state index in [-0.39, 0.29) is 5.97 Å². The molecule has 2 aliphatic rings. The smallest absolute Gasteiger partial charge is 0.341 e. The number of ether oxygens (including phenoxy) is 2. The van der Waals surface area contributed by atoms with Crippen LogP contribution in [-0.2, 0) is 4.74 Å². The summed E-state index contributed by atoms with van der Waals surface area (Å²) in [5, 5.41) is 1.75. The molecule has 1 fully saturated rings. The van der Waals surface area contributed by atoms with Gasteiger partial charge in [-0.2, -0.15) is 0 Å². The molecule has 1 aromatic heterocycles. The van der Waals surface area contributed by atoms with Crippen molar-refractivity contribution in [2.24, 2.45) is 5.41 Å². The third-order valence-electron chi connectivity index (χ3n) is 8.77. The van der Waals surface area contributed by atoms with Crippen LogP contribution in [0.15, 0.2) is 78.5 Å². The van der Waals surface area contributed by atoms with E-state index >= 15 is 0 Å². The van der Waals surface area contributed by atoms with Gasteiger partial charge in [-0.1, -0.05) is 49.2 Å². The number of aromatic amines is 1. The third-order valence-corrected chi connectivity index (χ3v) is 9.02. The van der Waals surface area contributed by atoms with Crippen LogP contribution in [0.2, 0.25) is 5.02 Å². The number of hydrogen-bond acceptors (Lipinski definition) is 5. The molecule has 0 saturated carbocycles. The lowest BCUT2D eigenvalue weighted by atomic mass is 9.72. The Hall–Kier alpha value is -3.74. The molecule has 1 saturated heterocycles. The fourth-order valence-corrected chi connectivity index (χ4v) is 6.46. The summed E-state index contributed by atoms with van der Waals surface area (Å²) in [6, 6.07) is 22.1. The number of aromatic nitrogens is 1. The first-order valence-corrected chi connectivity index (χ1v) is 15.7. The zero-order valence-electron chi connectivity index (χ0n) is 25.3. The van der Waals surface area contributed by atoms with Crippen LogP contribution in [-0.4, -0.2) is 55.2 Å². The average Bonchev–Trinajstić information content (AvgIpc) is 3.49. The Morgan fingerprint density at radius 3 is 2.53 bits per heavy atom. The van der Waals surface area contributed by atoms with E-state index in [0.29, 0.717) is 29.1 Å². The number of esters is 1. The molecule has 0 bridgehead atoms. The number of carbonyl (C=O) groups excluding carboxylic acids is 1. The van der Waals surface area contributed by atoms with Crippen molar-refractivity contribution in [1.82, 2.24) is 9.88 Å². The van der Waals surface area contributed by atoms with Crippen molar-refractivity contribution in [2.75, 3.05) is 44.2 Å². The summed E-state index contributed by atoms with van der Waals surface area (Å²) < 4.78 is 11.8. The van der Waals surface area contributed by atoms with Crippen molar-refractivity contribution >= 4 is 39.7 Å². The van der Waals surface area contributed by atoms with E-state index in [9.17, 15) is 4.79 Å². The molecular formula is C36H40ClN3O3. The zero-order chi connectivity index (χ0) is 30.0. The molecule has 6 nitrogen and oxygen atoms in total. The number of rotatable bonds is 8. The summed E-state index contributed by atoms with van der Waals surface area (Å²) in [7, 11) is 0. The number of benzene rings is 3. The van der Waals surface area contributed by atoms with Crippen molar-refractivity contribution < 1.29 is 14.3 Å². The second kappa shape index (κ2) is 12.5. The summed E-state index contributed by atoms with van der Waals surface area (Å²) in [5.74, 6) is 0.830. The lowest BCUT2D eigenvalue weighted by Gasteiger charge is -2.39. The van der Waals surface area contributed by atoms with Gasteiger partial charge in [0.25, 0.3) is 0 Å². The fraction of sp³-hybridized carbons (Fsp3) is 0.361. The van der Waals surface area contributed by atoms with Crippen molar-refractivity contribution in [2.45, 2.75) is 40.0 Å². The van der Waals surface area contributed by atoms with E-state index in [1.165, 1.54) is 17.6 Å². The summed E-state index contributed by atoms with van der Waals surface area (Å²) >= 11 is 6.21. The van der Waals surface area contributed by atoms with Crippen LogP contribution >= 0.6 is 11.6 Å². The van der Waals surface area contributed by atoms with Crippen LogP contribution in [0.5, 0.6) is 11.5 Å². The molecule has 1 aliphatic carbocycles. The molecule has 0 unspecified atom stereocenters. The Morgan fingerprint density at radius 1 is 0.977 bits per heavy atom. The summed E-state index contributed by atoms with van der Waals surface area (Å²) in [5.41, 5.74) is 7.11. The number of carbonyl (C=O) groups is 1. The van der Waals surface area contributed by atoms with Crippen LogP contribution in [0.1, 0.15) is 56.0 Å². The highest BCUT2D eigenvalue weighted by Crippen LogP contribution is 2.43. The Labute approximate surface area is 259 Å². The Morgan fingerprint density at radius 2 is 1.77 bits per heavy atom. The van der Waals surface area contributed by atoms with Crippen LogP contribution in [0.4, 0.5) is 5.69 Å². The molecule has 3 aromatic carbocycles. The largest absolute Gasteiger partial charge is 0.462 e. The number of allylic oxidation sites excluding steroid dienone is 1. The lowest BCUT2D eigenvalue weighted by molar-refractivity contribution is 0.0523. The van der Waals surface area contributed by atoms with Crippen LogP contribution in [0.3, 0.4) is 0 Å². The molecule has 0 amide bonds. The van der Waals surface area contributed by atoms with Gasteiger partial charge in [0.05, 0.1) is 6.61 Å². The van der Waals surface area contributed by atoms with Crippen molar-refractivity contribution in [1.29, 1.82) is 0 Å². The fourth-order valence-electron chi connectivity index (χ4n) is 6.33. The van der Waals surface area contributed by atoms with E-state index in [2.05, 4.69) is 40.8 Å². The molecule has 1 N–H and O–H groups in total. The summed E-state index contributed by atoms with van der Waals surface area (Å²) in [4.78, 5) is 21.0. The van der Waals surface area contributed by atoms with E-state index < -0.39 is 0 Å². The second-order valence-electron chi connectivity index (χ2n) is 12.4. The maximum atomic E-state index is 12.8. The highest BCUT2D eigenvalue weighted by molar-refractivity contribution is 6.30. The molecule has 6 rings (SSSR count). The van der Waals surface area contributed by atoms with Gasteiger partial charge in [-0.05, 0) is 85.2 Å². The molecule has 0 radical (unpaired) electrons. The van der Waals surface area contributed by atoms with Crippen molar-refractivity contribution in [3.05, 3.63) is 94.6 Å². The van der Waals surface area contributed by atoms with Crippen molar-refractivity contribution in [3.8, 4) is 11.5 Å². The molecule has 1 aliphatic heterocycles. The van der Waals surface area contributed by atoms with Gasteiger partial charge in [0.15, 0.2) is 0 Å². The van der Waals surface area contributed by atoms with Gasteiger partial charge < -0.3 is 19.4 Å². The number of halogens is 1. The Kier molecular flexibility index (Phi) is 8.51. The molecule has 224 valence electrons. The van der Waals surface area contributed by atoms with Crippen LogP contribution in [0, 0.1) is 5.41 Å². The summed E-state index contributed by atoms with van der Waals surface area (Å²) in [6.07, 6.45) is 5.33. The van der Waals surface area contributed by atoms with E-state index in [0.717, 1.165) is 67.2 Å². The van der Waals surface area contributed by atoms with Crippen molar-refractivity contribution in [3.63, 3.8) is 0 Å². The molecule has 4 aromatic rings. The maximum Gasteiger partial charge on any atom is 0.341 e. The number of nitrogens with one attached hydrogen (secondary N) is 1. The van der Waals surface area contributed by atoms with Crippen LogP contribution < -0.4 is 9.64 Å². The standard InChI is InChI=1S/C36H40ClN3O3/c1-4-42-35(41)30-13-12-28(22-34(30)43-33-7-5-6-32-29(33)15-17-38-32)40-20-18-39(19-21-40)24-26-14-16-36(2,3)23-31(26)25-8-10-27(37)11-9-25/h5-13,15,17,22,38H,4,14,16,18-21,23-24H2,1-3H3. The van der Waals surface area contributed by atoms with Gasteiger partial charge in [0.1, 0.15) is 17.1 Å². The van der Waals surface area contributed by atoms with E-state index in [4.69, 9.17) is 21.1 Å². The number of nitrogens with zero attached hydrogens (tertiary/aromatic N) is 2. The molecule has 2 heterocycles. The SMILES string of the molecule is CCOC(=O)c1ccc(N2CCN(CC3=C(c4ccc(Cl)cc4)CC(C)(C)CC3)CC2)cc1Oc1cccc2[nH]ccc12. The highest BCUT2D eigenvalue weighted by Gasteiger charge is 2.29. The monoisotopic (exact) mass is 597 g/mol. The summed E-state index contributed by atoms with van der Waals surface area (Å²) in [6.45, 7) is 11.6. The number of anilines is 1. The quantitative estimate of drug-likeness (QED) is 0.206.